The normalized spacial score (nSPS) is 19.8. The van der Waals surface area contributed by atoms with Crippen molar-refractivity contribution in [2.75, 3.05) is 0 Å². The van der Waals surface area contributed by atoms with E-state index in [1.54, 1.807) is 6.07 Å². The minimum atomic E-state index is -0.198. The summed E-state index contributed by atoms with van der Waals surface area (Å²) in [7, 11) is 0. The zero-order chi connectivity index (χ0) is 18.2. The van der Waals surface area contributed by atoms with Gasteiger partial charge >= 0.3 is 0 Å². The van der Waals surface area contributed by atoms with Crippen molar-refractivity contribution < 1.29 is 9.53 Å². The maximum atomic E-state index is 12.0. The average Bonchev–Trinajstić information content (AvgIpc) is 2.61. The zero-order valence-corrected chi connectivity index (χ0v) is 16.0. The number of nitrogens with one attached hydrogen (secondary N) is 1. The van der Waals surface area contributed by atoms with Crippen molar-refractivity contribution in [3.8, 4) is 11.8 Å². The average molecular weight is 449 g/mol. The SMILES string of the molecule is C=C/N=C\C(=C)C(=O)N[C@H]1CC[C@H](Oc2ccc(C#N)c(I)c2)CC1. The van der Waals surface area contributed by atoms with Crippen LogP contribution in [0.15, 0.2) is 48.1 Å². The summed E-state index contributed by atoms with van der Waals surface area (Å²) in [6.45, 7) is 7.16. The Labute approximate surface area is 161 Å². The van der Waals surface area contributed by atoms with Gasteiger partial charge in [-0.1, -0.05) is 13.2 Å². The Morgan fingerprint density at radius 2 is 2.12 bits per heavy atom. The van der Waals surface area contributed by atoms with Crippen LogP contribution in [0.1, 0.15) is 31.2 Å². The molecule has 25 heavy (non-hydrogen) atoms. The smallest absolute Gasteiger partial charge is 0.252 e. The zero-order valence-electron chi connectivity index (χ0n) is 13.9. The molecule has 1 fully saturated rings. The van der Waals surface area contributed by atoms with Gasteiger partial charge in [0.15, 0.2) is 0 Å². The summed E-state index contributed by atoms with van der Waals surface area (Å²) in [5, 5.41) is 11.9. The highest BCUT2D eigenvalue weighted by atomic mass is 127. The summed E-state index contributed by atoms with van der Waals surface area (Å²) >= 11 is 2.14. The Bertz CT molecular complexity index is 729. The van der Waals surface area contributed by atoms with Crippen molar-refractivity contribution in [1.29, 1.82) is 5.26 Å². The Balaban J connectivity index is 1.81. The van der Waals surface area contributed by atoms with Gasteiger partial charge in [-0.2, -0.15) is 5.26 Å². The van der Waals surface area contributed by atoms with E-state index < -0.39 is 0 Å². The lowest BCUT2D eigenvalue weighted by Crippen LogP contribution is -2.40. The highest BCUT2D eigenvalue weighted by Crippen LogP contribution is 2.26. The van der Waals surface area contributed by atoms with Gasteiger partial charge in [0, 0.05) is 22.0 Å². The van der Waals surface area contributed by atoms with Gasteiger partial charge in [-0.3, -0.25) is 9.79 Å². The Morgan fingerprint density at radius 1 is 1.40 bits per heavy atom. The highest BCUT2D eigenvalue weighted by molar-refractivity contribution is 14.1. The van der Waals surface area contributed by atoms with Crippen LogP contribution in [0, 0.1) is 14.9 Å². The largest absolute Gasteiger partial charge is 0.490 e. The minimum absolute atomic E-state index is 0.127. The van der Waals surface area contributed by atoms with Gasteiger partial charge in [0.2, 0.25) is 0 Å². The molecule has 0 heterocycles. The second-order valence-electron chi connectivity index (χ2n) is 5.80. The van der Waals surface area contributed by atoms with Crippen LogP contribution in [0.5, 0.6) is 5.75 Å². The topological polar surface area (TPSA) is 74.5 Å². The molecular formula is C19H20IN3O2. The molecule has 2 rings (SSSR count). The molecule has 1 saturated carbocycles. The van der Waals surface area contributed by atoms with E-state index in [0.29, 0.717) is 11.1 Å². The molecule has 0 atom stereocenters. The van der Waals surface area contributed by atoms with Crippen molar-refractivity contribution in [2.24, 2.45) is 4.99 Å². The predicted octanol–water partition coefficient (Wildman–Crippen LogP) is 3.74. The summed E-state index contributed by atoms with van der Waals surface area (Å²) in [5.41, 5.74) is 0.977. The maximum absolute atomic E-state index is 12.0. The van der Waals surface area contributed by atoms with Gasteiger partial charge in [0.25, 0.3) is 5.91 Å². The molecule has 5 nitrogen and oxygen atoms in total. The molecule has 6 heteroatoms. The second-order valence-corrected chi connectivity index (χ2v) is 6.97. The Kier molecular flexibility index (Phi) is 7.19. The van der Waals surface area contributed by atoms with Crippen LogP contribution < -0.4 is 10.1 Å². The number of hydrogen-bond donors (Lipinski definition) is 1. The molecule has 0 aliphatic heterocycles. The third-order valence-corrected chi connectivity index (χ3v) is 4.89. The monoisotopic (exact) mass is 449 g/mol. The summed E-state index contributed by atoms with van der Waals surface area (Å²) < 4.78 is 6.90. The number of aliphatic imine (C=N–C) groups is 1. The summed E-state index contributed by atoms with van der Waals surface area (Å²) in [6, 6.07) is 7.77. The lowest BCUT2D eigenvalue weighted by atomic mass is 9.92. The van der Waals surface area contributed by atoms with E-state index in [1.165, 1.54) is 12.4 Å². The second kappa shape index (κ2) is 9.37. The number of amides is 1. The van der Waals surface area contributed by atoms with Crippen LogP contribution >= 0.6 is 22.6 Å². The van der Waals surface area contributed by atoms with Crippen LogP contribution in [0.4, 0.5) is 0 Å². The van der Waals surface area contributed by atoms with Crippen LogP contribution in [0.25, 0.3) is 0 Å². The van der Waals surface area contributed by atoms with Gasteiger partial charge in [-0.15, -0.1) is 0 Å². The van der Waals surface area contributed by atoms with E-state index in [4.69, 9.17) is 10.00 Å². The first kappa shape index (κ1) is 19.2. The maximum Gasteiger partial charge on any atom is 0.252 e. The lowest BCUT2D eigenvalue weighted by molar-refractivity contribution is -0.117. The molecule has 1 aliphatic carbocycles. The standard InChI is InChI=1S/C19H20IN3O2/c1-3-22-12-13(2)19(24)23-15-5-8-16(9-6-15)25-17-7-4-14(11-21)18(20)10-17/h3-4,7,10,12,15-16H,1-2,5-6,8-9H2,(H,23,24)/b22-12-/t15-,16-. The molecule has 130 valence electrons. The Hall–Kier alpha value is -2.14. The molecular weight excluding hydrogens is 429 g/mol. The van der Waals surface area contributed by atoms with E-state index in [0.717, 1.165) is 35.0 Å². The molecule has 1 aromatic rings. The predicted molar refractivity (Wildman–Crippen MR) is 107 cm³/mol. The number of rotatable bonds is 6. The van der Waals surface area contributed by atoms with E-state index in [-0.39, 0.29) is 18.1 Å². The van der Waals surface area contributed by atoms with Gasteiger partial charge in [-0.25, -0.2) is 0 Å². The van der Waals surface area contributed by atoms with E-state index in [2.05, 4.69) is 52.1 Å². The van der Waals surface area contributed by atoms with Crippen molar-refractivity contribution in [3.05, 3.63) is 52.3 Å². The van der Waals surface area contributed by atoms with E-state index in [1.807, 2.05) is 12.1 Å². The number of hydrogen-bond acceptors (Lipinski definition) is 4. The number of ether oxygens (including phenoxy) is 1. The fraction of sp³-hybridized carbons (Fsp3) is 0.316. The molecule has 1 aliphatic rings. The fourth-order valence-electron chi connectivity index (χ4n) is 2.66. The molecule has 0 unspecified atom stereocenters. The molecule has 1 amide bonds. The minimum Gasteiger partial charge on any atom is -0.490 e. The van der Waals surface area contributed by atoms with E-state index in [9.17, 15) is 4.79 Å². The van der Waals surface area contributed by atoms with Crippen LogP contribution in [-0.2, 0) is 4.79 Å². The quantitative estimate of drug-likeness (QED) is 0.409. The van der Waals surface area contributed by atoms with Gasteiger partial charge in [0.1, 0.15) is 11.8 Å². The van der Waals surface area contributed by atoms with E-state index >= 15 is 0 Å². The van der Waals surface area contributed by atoms with Gasteiger partial charge in [-0.05, 0) is 66.5 Å². The third kappa shape index (κ3) is 5.71. The first-order chi connectivity index (χ1) is 12.0. The van der Waals surface area contributed by atoms with Gasteiger partial charge in [0.05, 0.1) is 17.2 Å². The van der Waals surface area contributed by atoms with Gasteiger partial charge < -0.3 is 10.1 Å². The number of nitriles is 1. The van der Waals surface area contributed by atoms with Crippen LogP contribution in [0.2, 0.25) is 0 Å². The van der Waals surface area contributed by atoms with Crippen molar-refractivity contribution in [3.63, 3.8) is 0 Å². The molecule has 1 aromatic carbocycles. The van der Waals surface area contributed by atoms with Crippen LogP contribution in [0.3, 0.4) is 0 Å². The lowest BCUT2D eigenvalue weighted by Gasteiger charge is -2.29. The molecule has 0 saturated heterocycles. The molecule has 0 radical (unpaired) electrons. The molecule has 0 bridgehead atoms. The Morgan fingerprint density at radius 3 is 2.72 bits per heavy atom. The number of carbonyl (C=O) groups excluding carboxylic acids is 1. The highest BCUT2D eigenvalue weighted by Gasteiger charge is 2.24. The number of benzene rings is 1. The van der Waals surface area contributed by atoms with Crippen LogP contribution in [-0.4, -0.2) is 24.3 Å². The first-order valence-electron chi connectivity index (χ1n) is 8.03. The fourth-order valence-corrected chi connectivity index (χ4v) is 3.26. The molecule has 1 N–H and O–H groups in total. The number of carbonyl (C=O) groups is 1. The summed E-state index contributed by atoms with van der Waals surface area (Å²) in [5.74, 6) is 0.585. The van der Waals surface area contributed by atoms with Crippen molar-refractivity contribution in [1.82, 2.24) is 5.32 Å². The van der Waals surface area contributed by atoms with Crippen molar-refractivity contribution in [2.45, 2.75) is 37.8 Å². The summed E-state index contributed by atoms with van der Waals surface area (Å²) in [4.78, 5) is 15.8. The number of nitrogens with zero attached hydrogens (tertiary/aromatic N) is 2. The first-order valence-corrected chi connectivity index (χ1v) is 9.11. The molecule has 0 spiro atoms. The third-order valence-electron chi connectivity index (χ3n) is 4.00. The number of halogens is 1. The van der Waals surface area contributed by atoms with Crippen molar-refractivity contribution >= 4 is 34.7 Å². The summed E-state index contributed by atoms with van der Waals surface area (Å²) in [6.07, 6.45) is 6.35. The molecule has 0 aromatic heterocycles.